The Bertz CT molecular complexity index is 1020. The molecule has 10 heteroatoms. The summed E-state index contributed by atoms with van der Waals surface area (Å²) < 4.78 is 0. The van der Waals surface area contributed by atoms with Gasteiger partial charge in [-0.3, -0.25) is 19.8 Å². The van der Waals surface area contributed by atoms with Crippen LogP contribution >= 0.6 is 0 Å². The van der Waals surface area contributed by atoms with Gasteiger partial charge in [0.2, 0.25) is 17.7 Å². The fraction of sp³-hybridized carbons (Fsp3) is 0.500. The predicted octanol–water partition coefficient (Wildman–Crippen LogP) is 2.19. The minimum atomic E-state index is -0.620. The third kappa shape index (κ3) is 9.91. The molecule has 0 spiro atoms. The Hall–Kier alpha value is -3.82. The molecule has 1 fully saturated rings. The molecule has 0 unspecified atom stereocenters. The Morgan fingerprint density at radius 3 is 2.32 bits per heavy atom. The van der Waals surface area contributed by atoms with Crippen molar-refractivity contribution in [3.8, 4) is 0 Å². The Balaban J connectivity index is 2.57. The summed E-state index contributed by atoms with van der Waals surface area (Å²) in [6, 6.07) is -1.21. The van der Waals surface area contributed by atoms with E-state index in [1.807, 2.05) is 27.7 Å². The lowest BCUT2D eigenvalue weighted by Gasteiger charge is -2.36. The zero-order chi connectivity index (χ0) is 29.2. The van der Waals surface area contributed by atoms with Gasteiger partial charge in [-0.05, 0) is 48.8 Å². The summed E-state index contributed by atoms with van der Waals surface area (Å²) >= 11 is 0. The van der Waals surface area contributed by atoms with E-state index in [1.165, 1.54) is 0 Å². The minimum Gasteiger partial charge on any atom is -0.388 e. The van der Waals surface area contributed by atoms with Crippen molar-refractivity contribution >= 4 is 23.6 Å². The van der Waals surface area contributed by atoms with Crippen LogP contribution in [-0.2, 0) is 14.4 Å². The Kier molecular flexibility index (Phi) is 12.0. The van der Waals surface area contributed by atoms with E-state index in [0.29, 0.717) is 42.1 Å². The van der Waals surface area contributed by atoms with Crippen LogP contribution in [0.1, 0.15) is 53.4 Å². The zero-order valence-corrected chi connectivity index (χ0v) is 23.6. The van der Waals surface area contributed by atoms with Gasteiger partial charge in [-0.1, -0.05) is 47.1 Å². The van der Waals surface area contributed by atoms with Gasteiger partial charge in [0.15, 0.2) is 0 Å². The number of likely N-dealkylation sites (N-methyl/N-ethyl adjacent to an activating group) is 1. The van der Waals surface area contributed by atoms with Crippen molar-refractivity contribution in [2.24, 2.45) is 11.1 Å². The number of rotatable bonds is 14. The Morgan fingerprint density at radius 2 is 1.76 bits per heavy atom. The fourth-order valence-corrected chi connectivity index (χ4v) is 3.94. The highest BCUT2D eigenvalue weighted by atomic mass is 16.2. The van der Waals surface area contributed by atoms with Crippen molar-refractivity contribution < 1.29 is 14.4 Å². The summed E-state index contributed by atoms with van der Waals surface area (Å²) in [6.45, 7) is 23.9. The lowest BCUT2D eigenvalue weighted by molar-refractivity contribution is -0.141. The third-order valence-corrected chi connectivity index (χ3v) is 6.29. The zero-order valence-electron chi connectivity index (χ0n) is 23.6. The fourth-order valence-electron chi connectivity index (χ4n) is 3.94. The maximum Gasteiger partial charge on any atom is 0.246 e. The topological polar surface area (TPSA) is 152 Å². The number of primary amides is 1. The molecule has 0 bridgehead atoms. The second kappa shape index (κ2) is 14.2. The number of carbonyl (C=O) groups excluding carboxylic acids is 3. The first-order valence-corrected chi connectivity index (χ1v) is 12.7. The standard InChI is InChI=1S/C28H45N7O3/c1-17(20(4)21(5)31-9)15-23(29)33-19(3)16-32-24(36)13-12-18(2)34-25(28(6,7)8)27(38)35-14-10-11-22(35)26(30)37/h15,22,25,31,34H,2-5,10-14,16H2,1,6-9H3,(H2,29,33)(H2,30,37)(H,32,36)/b17-15-/t22-,25+/m0/s1. The van der Waals surface area contributed by atoms with Gasteiger partial charge in [-0.15, -0.1) is 0 Å². The molecule has 3 amide bonds. The quantitative estimate of drug-likeness (QED) is 0.116. The van der Waals surface area contributed by atoms with Gasteiger partial charge in [-0.25, -0.2) is 0 Å². The van der Waals surface area contributed by atoms with Crippen molar-refractivity contribution in [3.63, 3.8) is 0 Å². The van der Waals surface area contributed by atoms with Crippen LogP contribution in [0.2, 0.25) is 0 Å². The van der Waals surface area contributed by atoms with Crippen LogP contribution in [0.4, 0.5) is 0 Å². The first-order chi connectivity index (χ1) is 17.6. The van der Waals surface area contributed by atoms with Gasteiger partial charge in [0.05, 0.1) is 6.54 Å². The molecule has 210 valence electrons. The molecule has 0 aliphatic carbocycles. The summed E-state index contributed by atoms with van der Waals surface area (Å²) in [5, 5.41) is 19.8. The molecular weight excluding hydrogens is 482 g/mol. The summed E-state index contributed by atoms with van der Waals surface area (Å²) in [5.74, 6) is -0.808. The molecule has 1 heterocycles. The van der Waals surface area contributed by atoms with Crippen molar-refractivity contribution in [1.29, 1.82) is 5.41 Å². The van der Waals surface area contributed by atoms with E-state index in [-0.39, 0.29) is 30.6 Å². The number of allylic oxidation sites excluding steroid dienone is 2. The lowest BCUT2D eigenvalue weighted by atomic mass is 9.85. The van der Waals surface area contributed by atoms with E-state index in [1.54, 1.807) is 18.0 Å². The van der Waals surface area contributed by atoms with Gasteiger partial charge in [-0.2, -0.15) is 0 Å². The second-order valence-corrected chi connectivity index (χ2v) is 10.6. The molecule has 38 heavy (non-hydrogen) atoms. The van der Waals surface area contributed by atoms with Crippen LogP contribution in [0.25, 0.3) is 0 Å². The monoisotopic (exact) mass is 527 g/mol. The molecule has 0 saturated carbocycles. The molecule has 1 aliphatic heterocycles. The van der Waals surface area contributed by atoms with Gasteiger partial charge >= 0.3 is 0 Å². The number of nitrogens with one attached hydrogen (secondary N) is 5. The maximum absolute atomic E-state index is 13.3. The molecule has 0 aromatic rings. The van der Waals surface area contributed by atoms with Crippen LogP contribution in [-0.4, -0.2) is 60.7 Å². The van der Waals surface area contributed by atoms with E-state index in [2.05, 4.69) is 47.6 Å². The molecule has 1 rings (SSSR count). The van der Waals surface area contributed by atoms with E-state index in [4.69, 9.17) is 11.1 Å². The number of amidine groups is 1. The molecule has 1 aliphatic rings. The molecule has 10 nitrogen and oxygen atoms in total. The number of hydrogen-bond acceptors (Lipinski definition) is 6. The minimum absolute atomic E-state index is 0.110. The highest BCUT2D eigenvalue weighted by Gasteiger charge is 2.40. The van der Waals surface area contributed by atoms with Crippen molar-refractivity contribution in [2.75, 3.05) is 20.1 Å². The molecule has 1 saturated heterocycles. The largest absolute Gasteiger partial charge is 0.388 e. The second-order valence-electron chi connectivity index (χ2n) is 10.6. The number of nitrogens with zero attached hydrogens (tertiary/aromatic N) is 1. The highest BCUT2D eigenvalue weighted by molar-refractivity contribution is 5.93. The normalized spacial score (nSPS) is 16.2. The number of carbonyl (C=O) groups is 3. The van der Waals surface area contributed by atoms with E-state index in [0.717, 1.165) is 12.0 Å². The highest BCUT2D eigenvalue weighted by Crippen LogP contribution is 2.26. The van der Waals surface area contributed by atoms with Gasteiger partial charge in [0, 0.05) is 37.1 Å². The molecule has 0 radical (unpaired) electrons. The van der Waals surface area contributed by atoms with E-state index < -0.39 is 23.4 Å². The maximum atomic E-state index is 13.3. The molecular formula is C28H45N7O3. The van der Waals surface area contributed by atoms with Crippen LogP contribution < -0.4 is 27.0 Å². The van der Waals surface area contributed by atoms with Crippen molar-refractivity contribution in [1.82, 2.24) is 26.2 Å². The number of likely N-dealkylation sites (tertiary alicyclic amines) is 1. The van der Waals surface area contributed by atoms with Crippen molar-refractivity contribution in [3.05, 3.63) is 60.6 Å². The summed E-state index contributed by atoms with van der Waals surface area (Å²) in [4.78, 5) is 39.0. The predicted molar refractivity (Wildman–Crippen MR) is 153 cm³/mol. The van der Waals surface area contributed by atoms with Crippen molar-refractivity contribution in [2.45, 2.75) is 65.5 Å². The SMILES string of the molecule is C=C(CNC(=O)CCC(=C)N[C@H](C(=O)N1CCC[C@H]1C(N)=O)C(C)(C)C)NC(=N)/C=C(/C)C(=C)C(=C)NC. The first-order valence-electron chi connectivity index (χ1n) is 12.7. The average Bonchev–Trinajstić information content (AvgIpc) is 3.33. The van der Waals surface area contributed by atoms with Crippen LogP contribution in [0, 0.1) is 10.8 Å². The molecule has 0 aromatic carbocycles. The Morgan fingerprint density at radius 1 is 1.13 bits per heavy atom. The van der Waals surface area contributed by atoms with E-state index in [9.17, 15) is 14.4 Å². The number of amides is 3. The third-order valence-electron chi connectivity index (χ3n) is 6.29. The molecule has 7 N–H and O–H groups in total. The Labute approximate surface area is 227 Å². The van der Waals surface area contributed by atoms with Crippen LogP contribution in [0.5, 0.6) is 0 Å². The smallest absolute Gasteiger partial charge is 0.246 e. The van der Waals surface area contributed by atoms with E-state index >= 15 is 0 Å². The first kappa shape index (κ1) is 32.2. The van der Waals surface area contributed by atoms with Gasteiger partial charge in [0.1, 0.15) is 17.9 Å². The summed E-state index contributed by atoms with van der Waals surface area (Å²) in [6.07, 6.45) is 3.37. The van der Waals surface area contributed by atoms with Crippen LogP contribution in [0.15, 0.2) is 60.6 Å². The summed E-state index contributed by atoms with van der Waals surface area (Å²) in [5.41, 5.74) is 8.16. The number of hydrogen-bond donors (Lipinski definition) is 6. The van der Waals surface area contributed by atoms with Gasteiger partial charge < -0.3 is 31.9 Å². The summed E-state index contributed by atoms with van der Waals surface area (Å²) in [7, 11) is 1.75. The average molecular weight is 528 g/mol. The molecule has 0 aromatic heterocycles. The number of nitrogens with two attached hydrogens (primary N) is 1. The molecule has 2 atom stereocenters. The van der Waals surface area contributed by atoms with Crippen LogP contribution in [0.3, 0.4) is 0 Å². The van der Waals surface area contributed by atoms with Gasteiger partial charge in [0.25, 0.3) is 0 Å². The lowest BCUT2D eigenvalue weighted by Crippen LogP contribution is -2.55.